The minimum Gasteiger partial charge on any atom is -0.478 e. The van der Waals surface area contributed by atoms with Crippen LogP contribution in [-0.2, 0) is 32.2 Å². The van der Waals surface area contributed by atoms with Crippen molar-refractivity contribution in [3.05, 3.63) is 125 Å². The van der Waals surface area contributed by atoms with Gasteiger partial charge in [-0.2, -0.15) is 0 Å². The van der Waals surface area contributed by atoms with Gasteiger partial charge in [-0.1, -0.05) is 72.8 Å². The first-order chi connectivity index (χ1) is 23.3. The van der Waals surface area contributed by atoms with Gasteiger partial charge in [0.15, 0.2) is 6.29 Å². The lowest BCUT2D eigenvalue weighted by atomic mass is 9.99. The fourth-order valence-corrected chi connectivity index (χ4v) is 6.52. The molecule has 2 amide bonds. The summed E-state index contributed by atoms with van der Waals surface area (Å²) < 4.78 is 13.0. The SMILES string of the molecule is O=C(CCCC(=O)NCc1cccc(-c2cccc([C@@H]3O[C@H](CSc4ccccc4C(=O)O)C[C@H](c4ccc(CO)cc4)O3)c2)c1)NO. The molecule has 5 N–H and O–H groups in total. The van der Waals surface area contributed by atoms with Crippen molar-refractivity contribution in [2.75, 3.05) is 5.75 Å². The molecule has 1 aliphatic heterocycles. The van der Waals surface area contributed by atoms with Crippen molar-refractivity contribution in [3.63, 3.8) is 0 Å². The largest absolute Gasteiger partial charge is 0.478 e. The molecular formula is C37H38N2O8S. The summed E-state index contributed by atoms with van der Waals surface area (Å²) in [4.78, 5) is 35.9. The quantitative estimate of drug-likeness (QED) is 0.0602. The number of aliphatic hydroxyl groups excluding tert-OH is 1. The van der Waals surface area contributed by atoms with Crippen LogP contribution in [0.1, 0.15) is 70.7 Å². The summed E-state index contributed by atoms with van der Waals surface area (Å²) in [7, 11) is 0. The topological polar surface area (TPSA) is 154 Å². The van der Waals surface area contributed by atoms with Crippen LogP contribution in [0.25, 0.3) is 11.1 Å². The number of carbonyl (C=O) groups is 3. The van der Waals surface area contributed by atoms with E-state index in [0.29, 0.717) is 30.0 Å². The molecule has 0 spiro atoms. The normalized spacial score (nSPS) is 17.4. The van der Waals surface area contributed by atoms with Crippen LogP contribution >= 0.6 is 11.8 Å². The second-order valence-electron chi connectivity index (χ2n) is 11.5. The van der Waals surface area contributed by atoms with E-state index in [1.807, 2.05) is 78.9 Å². The van der Waals surface area contributed by atoms with Crippen molar-refractivity contribution in [1.29, 1.82) is 0 Å². The van der Waals surface area contributed by atoms with Gasteiger partial charge in [-0.3, -0.25) is 14.8 Å². The number of carbonyl (C=O) groups excluding carboxylic acids is 2. The maximum absolute atomic E-state index is 12.3. The average molecular weight is 671 g/mol. The Morgan fingerprint density at radius 2 is 1.52 bits per heavy atom. The van der Waals surface area contributed by atoms with E-state index < -0.39 is 18.2 Å². The number of aliphatic hydroxyl groups is 1. The summed E-state index contributed by atoms with van der Waals surface area (Å²) in [6, 6.07) is 30.4. The number of rotatable bonds is 14. The van der Waals surface area contributed by atoms with Crippen molar-refractivity contribution in [3.8, 4) is 11.1 Å². The number of benzene rings is 4. The number of hydrogen-bond donors (Lipinski definition) is 5. The van der Waals surface area contributed by atoms with Crippen LogP contribution in [0.5, 0.6) is 0 Å². The lowest BCUT2D eigenvalue weighted by Crippen LogP contribution is -2.31. The van der Waals surface area contributed by atoms with Crippen molar-refractivity contribution in [1.82, 2.24) is 10.8 Å². The average Bonchev–Trinajstić information content (AvgIpc) is 3.13. The molecule has 11 heteroatoms. The lowest BCUT2D eigenvalue weighted by molar-refractivity contribution is -0.245. The first-order valence-electron chi connectivity index (χ1n) is 15.7. The summed E-state index contributed by atoms with van der Waals surface area (Å²) in [6.07, 6.45) is -0.0675. The monoisotopic (exact) mass is 670 g/mol. The Morgan fingerprint density at radius 1 is 0.792 bits per heavy atom. The van der Waals surface area contributed by atoms with E-state index in [9.17, 15) is 24.6 Å². The number of thioether (sulfide) groups is 1. The zero-order chi connectivity index (χ0) is 33.9. The summed E-state index contributed by atoms with van der Waals surface area (Å²) in [5, 5.41) is 30.7. The van der Waals surface area contributed by atoms with Crippen LogP contribution in [-0.4, -0.2) is 45.1 Å². The number of ether oxygens (including phenoxy) is 2. The molecule has 0 aliphatic carbocycles. The molecule has 0 unspecified atom stereocenters. The van der Waals surface area contributed by atoms with E-state index in [1.54, 1.807) is 23.7 Å². The maximum atomic E-state index is 12.3. The Bertz CT molecular complexity index is 1710. The molecule has 0 bridgehead atoms. The van der Waals surface area contributed by atoms with Crippen molar-refractivity contribution < 1.29 is 39.3 Å². The Morgan fingerprint density at radius 3 is 2.27 bits per heavy atom. The van der Waals surface area contributed by atoms with Crippen molar-refractivity contribution >= 4 is 29.5 Å². The van der Waals surface area contributed by atoms with E-state index in [2.05, 4.69) is 5.32 Å². The van der Waals surface area contributed by atoms with Crippen LogP contribution in [0.2, 0.25) is 0 Å². The van der Waals surface area contributed by atoms with E-state index in [4.69, 9.17) is 14.7 Å². The first kappa shape index (κ1) is 34.8. The molecule has 4 aromatic carbocycles. The van der Waals surface area contributed by atoms with Gasteiger partial charge in [-0.15, -0.1) is 11.8 Å². The van der Waals surface area contributed by atoms with Crippen LogP contribution in [0.4, 0.5) is 0 Å². The van der Waals surface area contributed by atoms with Crippen LogP contribution in [0.3, 0.4) is 0 Å². The van der Waals surface area contributed by atoms with E-state index in [1.165, 1.54) is 11.8 Å². The molecule has 0 aromatic heterocycles. The third-order valence-corrected chi connectivity index (χ3v) is 9.20. The molecule has 3 atom stereocenters. The Hall–Kier alpha value is -4.52. The van der Waals surface area contributed by atoms with Gasteiger partial charge in [-0.05, 0) is 58.5 Å². The molecule has 250 valence electrons. The second kappa shape index (κ2) is 17.0. The highest BCUT2D eigenvalue weighted by Crippen LogP contribution is 2.40. The van der Waals surface area contributed by atoms with E-state index in [-0.39, 0.29) is 43.1 Å². The van der Waals surface area contributed by atoms with Crippen LogP contribution in [0, 0.1) is 0 Å². The molecule has 4 aromatic rings. The Labute approximate surface area is 283 Å². The minimum absolute atomic E-state index is 0.0499. The molecule has 5 rings (SSSR count). The van der Waals surface area contributed by atoms with Gasteiger partial charge in [0.05, 0.1) is 24.4 Å². The predicted octanol–water partition coefficient (Wildman–Crippen LogP) is 6.17. The molecule has 1 heterocycles. The molecular weight excluding hydrogens is 632 g/mol. The molecule has 0 radical (unpaired) electrons. The van der Waals surface area contributed by atoms with Gasteiger partial charge in [0.25, 0.3) is 0 Å². The molecule has 1 fully saturated rings. The molecule has 1 aliphatic rings. The van der Waals surface area contributed by atoms with Gasteiger partial charge in [-0.25, -0.2) is 10.3 Å². The van der Waals surface area contributed by atoms with Gasteiger partial charge in [0.1, 0.15) is 0 Å². The smallest absolute Gasteiger partial charge is 0.336 e. The third-order valence-electron chi connectivity index (χ3n) is 8.00. The lowest BCUT2D eigenvalue weighted by Gasteiger charge is -2.36. The highest BCUT2D eigenvalue weighted by molar-refractivity contribution is 7.99. The Kier molecular flexibility index (Phi) is 12.4. The summed E-state index contributed by atoms with van der Waals surface area (Å²) in [6.45, 7) is 0.278. The van der Waals surface area contributed by atoms with Crippen LogP contribution in [0.15, 0.2) is 102 Å². The number of nitrogens with one attached hydrogen (secondary N) is 2. The Balaban J connectivity index is 1.31. The maximum Gasteiger partial charge on any atom is 0.336 e. The van der Waals surface area contributed by atoms with Gasteiger partial charge < -0.3 is 25.0 Å². The number of carboxylic acids is 1. The van der Waals surface area contributed by atoms with Crippen LogP contribution < -0.4 is 10.8 Å². The first-order valence-corrected chi connectivity index (χ1v) is 16.7. The zero-order valence-corrected chi connectivity index (χ0v) is 27.0. The van der Waals surface area contributed by atoms with Gasteiger partial charge in [0.2, 0.25) is 11.8 Å². The highest BCUT2D eigenvalue weighted by Gasteiger charge is 2.32. The number of amides is 2. The highest BCUT2D eigenvalue weighted by atomic mass is 32.2. The fraction of sp³-hybridized carbons (Fsp3) is 0.270. The summed E-state index contributed by atoms with van der Waals surface area (Å²) >= 11 is 1.44. The molecule has 10 nitrogen and oxygen atoms in total. The zero-order valence-electron chi connectivity index (χ0n) is 26.2. The summed E-state index contributed by atoms with van der Waals surface area (Å²) in [5.41, 5.74) is 7.22. The molecule has 48 heavy (non-hydrogen) atoms. The summed E-state index contributed by atoms with van der Waals surface area (Å²) in [5.74, 6) is -1.15. The number of hydroxylamine groups is 1. The fourth-order valence-electron chi connectivity index (χ4n) is 5.45. The van der Waals surface area contributed by atoms with E-state index in [0.717, 1.165) is 33.4 Å². The van der Waals surface area contributed by atoms with Crippen molar-refractivity contribution in [2.45, 2.75) is 62.2 Å². The molecule has 1 saturated heterocycles. The molecule has 0 saturated carbocycles. The number of hydrogen-bond acceptors (Lipinski definition) is 8. The van der Waals surface area contributed by atoms with Gasteiger partial charge >= 0.3 is 5.97 Å². The van der Waals surface area contributed by atoms with Gasteiger partial charge in [0, 0.05) is 42.0 Å². The standard InChI is InChI=1S/C37H38N2O8S/c40-22-24-14-16-26(17-15-24)32-20-30(23-48-33-11-2-1-10-31(33)36(43)44)46-37(47-32)29-9-4-8-28(19-29)27-7-3-6-25(18-27)21-38-34(41)12-5-13-35(42)39-45/h1-4,6-11,14-19,30,32,37,40,45H,5,12-13,20-23H2,(H,38,41)(H,39,42)(H,43,44)/t30-,32+,37+/m0/s1. The third kappa shape index (κ3) is 9.52. The number of aromatic carboxylic acids is 1. The van der Waals surface area contributed by atoms with E-state index >= 15 is 0 Å². The number of carboxylic acid groups (broad SMARTS) is 1. The predicted molar refractivity (Wildman–Crippen MR) is 180 cm³/mol. The van der Waals surface area contributed by atoms with Crippen molar-refractivity contribution in [2.24, 2.45) is 0 Å². The second-order valence-corrected chi connectivity index (χ2v) is 12.5. The minimum atomic E-state index is -0.973.